The van der Waals surface area contributed by atoms with E-state index in [-0.39, 0.29) is 24.9 Å². The highest BCUT2D eigenvalue weighted by Crippen LogP contribution is 2.11. The van der Waals surface area contributed by atoms with Crippen LogP contribution in [0.4, 0.5) is 11.5 Å². The molecule has 1 rings (SSSR count). The predicted molar refractivity (Wildman–Crippen MR) is 69.3 cm³/mol. The number of carbonyl (C=O) groups is 2. The van der Waals surface area contributed by atoms with Gasteiger partial charge in [-0.15, -0.1) is 0 Å². The van der Waals surface area contributed by atoms with Crippen LogP contribution >= 0.6 is 0 Å². The molecular formula is C11H17N5O2. The fourth-order valence-electron chi connectivity index (χ4n) is 1.18. The molecule has 7 heteroatoms. The van der Waals surface area contributed by atoms with Gasteiger partial charge in [-0.2, -0.15) is 0 Å². The van der Waals surface area contributed by atoms with Crippen LogP contribution in [-0.2, 0) is 9.59 Å². The van der Waals surface area contributed by atoms with Gasteiger partial charge in [0, 0.05) is 14.1 Å². The van der Waals surface area contributed by atoms with E-state index in [2.05, 4.69) is 15.6 Å². The summed E-state index contributed by atoms with van der Waals surface area (Å²) in [6, 6.07) is 3.53. The number of anilines is 2. The van der Waals surface area contributed by atoms with Gasteiger partial charge < -0.3 is 21.3 Å². The lowest BCUT2D eigenvalue weighted by Gasteiger charge is -2.11. The number of pyridine rings is 1. The van der Waals surface area contributed by atoms with Gasteiger partial charge in [-0.1, -0.05) is 0 Å². The summed E-state index contributed by atoms with van der Waals surface area (Å²) in [6.07, 6.45) is 1.55. The van der Waals surface area contributed by atoms with Crippen LogP contribution in [0.15, 0.2) is 18.3 Å². The first-order valence-electron chi connectivity index (χ1n) is 5.43. The average Bonchev–Trinajstić information content (AvgIpc) is 2.36. The van der Waals surface area contributed by atoms with Crippen LogP contribution in [0.3, 0.4) is 0 Å². The number of carbonyl (C=O) groups excluding carboxylic acids is 2. The first-order chi connectivity index (χ1) is 8.52. The zero-order valence-corrected chi connectivity index (χ0v) is 10.4. The number of hydrogen-bond acceptors (Lipinski definition) is 5. The van der Waals surface area contributed by atoms with E-state index in [1.54, 1.807) is 18.3 Å². The number of rotatable bonds is 5. The van der Waals surface area contributed by atoms with E-state index in [0.717, 1.165) is 5.82 Å². The van der Waals surface area contributed by atoms with Crippen LogP contribution in [0.5, 0.6) is 0 Å². The quantitative estimate of drug-likeness (QED) is 0.633. The van der Waals surface area contributed by atoms with Gasteiger partial charge in [0.15, 0.2) is 0 Å². The molecule has 1 aromatic heterocycles. The summed E-state index contributed by atoms with van der Waals surface area (Å²) in [7, 11) is 3.76. The SMILES string of the molecule is CN(C)c1ccc(NC(=O)CNC(=O)CN)cn1. The van der Waals surface area contributed by atoms with E-state index in [4.69, 9.17) is 5.73 Å². The summed E-state index contributed by atoms with van der Waals surface area (Å²) in [5, 5.41) is 4.99. The Morgan fingerprint density at radius 2 is 2.06 bits per heavy atom. The Morgan fingerprint density at radius 3 is 2.56 bits per heavy atom. The smallest absolute Gasteiger partial charge is 0.243 e. The predicted octanol–water partition coefficient (Wildman–Crippen LogP) is -0.839. The number of amides is 2. The average molecular weight is 251 g/mol. The summed E-state index contributed by atoms with van der Waals surface area (Å²) < 4.78 is 0. The Hall–Kier alpha value is -2.15. The molecule has 0 aliphatic rings. The van der Waals surface area contributed by atoms with Crippen LogP contribution in [-0.4, -0.2) is 44.0 Å². The first kappa shape index (κ1) is 13.9. The zero-order chi connectivity index (χ0) is 13.5. The maximum absolute atomic E-state index is 11.4. The molecule has 0 atom stereocenters. The molecular weight excluding hydrogens is 234 g/mol. The van der Waals surface area contributed by atoms with Gasteiger partial charge in [-0.05, 0) is 12.1 Å². The van der Waals surface area contributed by atoms with E-state index < -0.39 is 0 Å². The van der Waals surface area contributed by atoms with Crippen LogP contribution in [0.25, 0.3) is 0 Å². The Bertz CT molecular complexity index is 416. The van der Waals surface area contributed by atoms with Crippen LogP contribution in [0.1, 0.15) is 0 Å². The van der Waals surface area contributed by atoms with Crippen molar-refractivity contribution in [1.29, 1.82) is 0 Å². The summed E-state index contributed by atoms with van der Waals surface area (Å²) in [4.78, 5) is 28.3. The molecule has 0 fully saturated rings. The number of aromatic nitrogens is 1. The Balaban J connectivity index is 2.47. The lowest BCUT2D eigenvalue weighted by atomic mass is 10.4. The van der Waals surface area contributed by atoms with Crippen molar-refractivity contribution in [2.45, 2.75) is 0 Å². The zero-order valence-electron chi connectivity index (χ0n) is 10.4. The molecule has 18 heavy (non-hydrogen) atoms. The molecule has 0 spiro atoms. The molecule has 98 valence electrons. The molecule has 1 heterocycles. The third-order valence-corrected chi connectivity index (χ3v) is 2.12. The molecule has 0 aliphatic carbocycles. The van der Waals surface area contributed by atoms with E-state index in [9.17, 15) is 9.59 Å². The topological polar surface area (TPSA) is 100 Å². The molecule has 0 saturated heterocycles. The van der Waals surface area contributed by atoms with E-state index in [0.29, 0.717) is 5.69 Å². The van der Waals surface area contributed by atoms with Gasteiger partial charge in [-0.25, -0.2) is 4.98 Å². The standard InChI is InChI=1S/C11H17N5O2/c1-16(2)9-4-3-8(6-13-9)15-11(18)7-14-10(17)5-12/h3-4,6H,5,7,12H2,1-2H3,(H,14,17)(H,15,18). The van der Waals surface area contributed by atoms with Crippen LogP contribution in [0, 0.1) is 0 Å². The second-order valence-corrected chi connectivity index (χ2v) is 3.83. The molecule has 0 aromatic carbocycles. The molecule has 0 saturated carbocycles. The number of hydrogen-bond donors (Lipinski definition) is 3. The number of nitrogens with two attached hydrogens (primary N) is 1. The van der Waals surface area contributed by atoms with Gasteiger partial charge in [0.25, 0.3) is 0 Å². The van der Waals surface area contributed by atoms with Gasteiger partial charge >= 0.3 is 0 Å². The largest absolute Gasteiger partial charge is 0.363 e. The fraction of sp³-hybridized carbons (Fsp3) is 0.364. The maximum Gasteiger partial charge on any atom is 0.243 e. The Labute approximate surface area is 105 Å². The van der Waals surface area contributed by atoms with Gasteiger partial charge in [0.05, 0.1) is 25.0 Å². The first-order valence-corrected chi connectivity index (χ1v) is 5.43. The van der Waals surface area contributed by atoms with Crippen molar-refractivity contribution < 1.29 is 9.59 Å². The van der Waals surface area contributed by atoms with Crippen molar-refractivity contribution in [1.82, 2.24) is 10.3 Å². The van der Waals surface area contributed by atoms with Gasteiger partial charge in [-0.3, -0.25) is 9.59 Å². The minimum atomic E-state index is -0.369. The minimum absolute atomic E-state index is 0.106. The third kappa shape index (κ3) is 4.38. The summed E-state index contributed by atoms with van der Waals surface area (Å²) in [6.45, 7) is -0.238. The molecule has 0 radical (unpaired) electrons. The lowest BCUT2D eigenvalue weighted by molar-refractivity contribution is -0.123. The fourth-order valence-corrected chi connectivity index (χ4v) is 1.18. The second kappa shape index (κ2) is 6.55. The van der Waals surface area contributed by atoms with Gasteiger partial charge in [0.2, 0.25) is 11.8 Å². The third-order valence-electron chi connectivity index (χ3n) is 2.12. The molecule has 0 bridgehead atoms. The summed E-state index contributed by atoms with van der Waals surface area (Å²) in [5.41, 5.74) is 5.67. The Kier molecular flexibility index (Phi) is 5.06. The molecule has 7 nitrogen and oxygen atoms in total. The highest BCUT2D eigenvalue weighted by atomic mass is 16.2. The lowest BCUT2D eigenvalue weighted by Crippen LogP contribution is -2.36. The molecule has 4 N–H and O–H groups in total. The molecule has 2 amide bonds. The highest BCUT2D eigenvalue weighted by Gasteiger charge is 2.05. The monoisotopic (exact) mass is 251 g/mol. The highest BCUT2D eigenvalue weighted by molar-refractivity contribution is 5.94. The minimum Gasteiger partial charge on any atom is -0.363 e. The molecule has 1 aromatic rings. The van der Waals surface area contributed by atoms with Crippen LogP contribution < -0.4 is 21.3 Å². The van der Waals surface area contributed by atoms with Crippen LogP contribution in [0.2, 0.25) is 0 Å². The normalized spacial score (nSPS) is 9.72. The number of nitrogens with one attached hydrogen (secondary N) is 2. The maximum atomic E-state index is 11.4. The van der Waals surface area contributed by atoms with Crippen molar-refractivity contribution in [2.24, 2.45) is 5.73 Å². The van der Waals surface area contributed by atoms with E-state index in [1.807, 2.05) is 19.0 Å². The van der Waals surface area contributed by atoms with E-state index >= 15 is 0 Å². The van der Waals surface area contributed by atoms with E-state index in [1.165, 1.54) is 0 Å². The van der Waals surface area contributed by atoms with Crippen molar-refractivity contribution in [2.75, 3.05) is 37.4 Å². The van der Waals surface area contributed by atoms with Crippen molar-refractivity contribution in [3.63, 3.8) is 0 Å². The van der Waals surface area contributed by atoms with Gasteiger partial charge in [0.1, 0.15) is 5.82 Å². The van der Waals surface area contributed by atoms with Crippen molar-refractivity contribution >= 4 is 23.3 Å². The summed E-state index contributed by atoms with van der Waals surface area (Å²) >= 11 is 0. The molecule has 0 aliphatic heterocycles. The second-order valence-electron chi connectivity index (χ2n) is 3.83. The molecule has 0 unspecified atom stereocenters. The number of nitrogens with zero attached hydrogens (tertiary/aromatic N) is 2. The Morgan fingerprint density at radius 1 is 1.33 bits per heavy atom. The summed E-state index contributed by atoms with van der Waals surface area (Å²) in [5.74, 6) is 0.104. The van der Waals surface area contributed by atoms with Crippen molar-refractivity contribution in [3.05, 3.63) is 18.3 Å². The van der Waals surface area contributed by atoms with Crippen molar-refractivity contribution in [3.8, 4) is 0 Å².